The molecule has 0 atom stereocenters. The number of nitrogens with zero attached hydrogens (tertiary/aromatic N) is 2. The molecule has 1 aromatic heterocycles. The van der Waals surface area contributed by atoms with Crippen LogP contribution < -0.4 is 5.32 Å². The maximum atomic E-state index is 4.91. The molecule has 1 saturated heterocycles. The lowest BCUT2D eigenvalue weighted by Gasteiger charge is -2.25. The van der Waals surface area contributed by atoms with E-state index in [4.69, 9.17) is 5.10 Å². The SMILES string of the molecule is CCCn1nc2c(c1C1CCNCC1)CCCC2. The van der Waals surface area contributed by atoms with Crippen molar-refractivity contribution in [2.45, 2.75) is 64.3 Å². The molecule has 0 saturated carbocycles. The Morgan fingerprint density at radius 3 is 2.78 bits per heavy atom. The highest BCUT2D eigenvalue weighted by Gasteiger charge is 2.26. The van der Waals surface area contributed by atoms with Crippen molar-refractivity contribution in [1.82, 2.24) is 15.1 Å². The summed E-state index contributed by atoms with van der Waals surface area (Å²) in [5.74, 6) is 0.757. The minimum Gasteiger partial charge on any atom is -0.317 e. The van der Waals surface area contributed by atoms with E-state index in [1.54, 1.807) is 11.3 Å². The Hall–Kier alpha value is -0.830. The van der Waals surface area contributed by atoms with E-state index >= 15 is 0 Å². The molecule has 0 bridgehead atoms. The van der Waals surface area contributed by atoms with Crippen LogP contribution in [0.3, 0.4) is 0 Å². The van der Waals surface area contributed by atoms with Crippen molar-refractivity contribution >= 4 is 0 Å². The second-order valence-electron chi connectivity index (χ2n) is 5.77. The Labute approximate surface area is 110 Å². The van der Waals surface area contributed by atoms with Gasteiger partial charge in [-0.25, -0.2) is 0 Å². The van der Waals surface area contributed by atoms with Gasteiger partial charge in [-0.3, -0.25) is 4.68 Å². The zero-order chi connectivity index (χ0) is 12.4. The summed E-state index contributed by atoms with van der Waals surface area (Å²) in [4.78, 5) is 0. The molecule has 1 aliphatic heterocycles. The van der Waals surface area contributed by atoms with Gasteiger partial charge in [0.25, 0.3) is 0 Å². The first kappa shape index (κ1) is 12.2. The third-order valence-corrected chi connectivity index (χ3v) is 4.43. The van der Waals surface area contributed by atoms with E-state index in [0.717, 1.165) is 12.5 Å². The van der Waals surface area contributed by atoms with Crippen LogP contribution in [0.1, 0.15) is 61.9 Å². The maximum absolute atomic E-state index is 4.91. The average Bonchev–Trinajstić information content (AvgIpc) is 2.78. The fourth-order valence-electron chi connectivity index (χ4n) is 3.57. The molecule has 0 radical (unpaired) electrons. The Bertz CT molecular complexity index is 402. The van der Waals surface area contributed by atoms with Crippen molar-refractivity contribution in [3.63, 3.8) is 0 Å². The van der Waals surface area contributed by atoms with Crippen molar-refractivity contribution in [1.29, 1.82) is 0 Å². The average molecular weight is 247 g/mol. The minimum absolute atomic E-state index is 0.757. The fourth-order valence-corrected chi connectivity index (χ4v) is 3.57. The fraction of sp³-hybridized carbons (Fsp3) is 0.800. The van der Waals surface area contributed by atoms with Crippen LogP contribution in [0.15, 0.2) is 0 Å². The van der Waals surface area contributed by atoms with Gasteiger partial charge in [-0.2, -0.15) is 5.10 Å². The van der Waals surface area contributed by atoms with Crippen LogP contribution in [0, 0.1) is 0 Å². The number of nitrogens with one attached hydrogen (secondary N) is 1. The molecule has 1 aliphatic carbocycles. The van der Waals surface area contributed by atoms with Gasteiger partial charge in [-0.15, -0.1) is 0 Å². The summed E-state index contributed by atoms with van der Waals surface area (Å²) in [7, 11) is 0. The van der Waals surface area contributed by atoms with E-state index < -0.39 is 0 Å². The van der Waals surface area contributed by atoms with E-state index in [2.05, 4.69) is 16.9 Å². The van der Waals surface area contributed by atoms with E-state index in [0.29, 0.717) is 0 Å². The van der Waals surface area contributed by atoms with Crippen molar-refractivity contribution in [3.8, 4) is 0 Å². The number of rotatable bonds is 3. The predicted octanol–water partition coefficient (Wildman–Crippen LogP) is 2.64. The van der Waals surface area contributed by atoms with Crippen molar-refractivity contribution < 1.29 is 0 Å². The largest absolute Gasteiger partial charge is 0.317 e. The second-order valence-corrected chi connectivity index (χ2v) is 5.77. The standard InChI is InChI=1S/C15H25N3/c1-2-11-18-15(12-7-9-16-10-8-12)13-5-3-4-6-14(13)17-18/h12,16H,2-11H2,1H3. The molecule has 3 nitrogen and oxygen atoms in total. The summed E-state index contributed by atoms with van der Waals surface area (Å²) in [5.41, 5.74) is 4.65. The van der Waals surface area contributed by atoms with E-state index in [1.807, 2.05) is 0 Å². The third-order valence-electron chi connectivity index (χ3n) is 4.43. The molecule has 2 heterocycles. The first-order chi connectivity index (χ1) is 8.90. The molecule has 0 spiro atoms. The number of aryl methyl sites for hydroxylation is 2. The molecule has 3 rings (SSSR count). The van der Waals surface area contributed by atoms with Crippen molar-refractivity contribution in [2.75, 3.05) is 13.1 Å². The zero-order valence-electron chi connectivity index (χ0n) is 11.5. The molecular weight excluding hydrogens is 222 g/mol. The van der Waals surface area contributed by atoms with E-state index in [1.165, 1.54) is 63.7 Å². The number of hydrogen-bond donors (Lipinski definition) is 1. The van der Waals surface area contributed by atoms with Gasteiger partial charge in [0, 0.05) is 18.2 Å². The first-order valence-corrected chi connectivity index (χ1v) is 7.69. The summed E-state index contributed by atoms with van der Waals surface area (Å²) in [6.45, 7) is 5.71. The van der Waals surface area contributed by atoms with E-state index in [-0.39, 0.29) is 0 Å². The molecule has 1 aromatic rings. The number of piperidine rings is 1. The minimum atomic E-state index is 0.757. The highest BCUT2D eigenvalue weighted by atomic mass is 15.3. The molecule has 18 heavy (non-hydrogen) atoms. The van der Waals surface area contributed by atoms with Gasteiger partial charge in [0.15, 0.2) is 0 Å². The molecular formula is C15H25N3. The lowest BCUT2D eigenvalue weighted by Crippen LogP contribution is -2.28. The Morgan fingerprint density at radius 2 is 2.00 bits per heavy atom. The summed E-state index contributed by atoms with van der Waals surface area (Å²) in [6, 6.07) is 0. The van der Waals surface area contributed by atoms with Crippen LogP contribution in [-0.4, -0.2) is 22.9 Å². The van der Waals surface area contributed by atoms with Gasteiger partial charge in [-0.05, 0) is 63.6 Å². The number of hydrogen-bond acceptors (Lipinski definition) is 2. The molecule has 0 unspecified atom stereocenters. The van der Waals surface area contributed by atoms with Crippen molar-refractivity contribution in [2.24, 2.45) is 0 Å². The van der Waals surface area contributed by atoms with Gasteiger partial charge in [0.05, 0.1) is 5.69 Å². The highest BCUT2D eigenvalue weighted by molar-refractivity contribution is 5.31. The maximum Gasteiger partial charge on any atom is 0.0659 e. The lowest BCUT2D eigenvalue weighted by molar-refractivity contribution is 0.425. The molecule has 1 fully saturated rings. The predicted molar refractivity (Wildman–Crippen MR) is 74.0 cm³/mol. The molecule has 2 aliphatic rings. The topological polar surface area (TPSA) is 29.9 Å². The third kappa shape index (κ3) is 2.20. The normalized spacial score (nSPS) is 20.9. The van der Waals surface area contributed by atoms with Crippen LogP contribution in [0.25, 0.3) is 0 Å². The first-order valence-electron chi connectivity index (χ1n) is 7.69. The number of fused-ring (bicyclic) bond motifs is 1. The van der Waals surface area contributed by atoms with Gasteiger partial charge in [0.2, 0.25) is 0 Å². The van der Waals surface area contributed by atoms with Crippen LogP contribution in [0.4, 0.5) is 0 Å². The zero-order valence-corrected chi connectivity index (χ0v) is 11.5. The summed E-state index contributed by atoms with van der Waals surface area (Å²) in [5, 5.41) is 8.39. The van der Waals surface area contributed by atoms with Gasteiger partial charge >= 0.3 is 0 Å². The summed E-state index contributed by atoms with van der Waals surface area (Å²) in [6.07, 6.45) is 8.97. The second kappa shape index (κ2) is 5.43. The molecule has 100 valence electrons. The molecule has 3 heteroatoms. The van der Waals surface area contributed by atoms with Crippen LogP contribution in [0.5, 0.6) is 0 Å². The van der Waals surface area contributed by atoms with Gasteiger partial charge in [-0.1, -0.05) is 6.92 Å². The Morgan fingerprint density at radius 1 is 1.22 bits per heavy atom. The van der Waals surface area contributed by atoms with Crippen molar-refractivity contribution in [3.05, 3.63) is 17.0 Å². The van der Waals surface area contributed by atoms with Crippen LogP contribution in [0.2, 0.25) is 0 Å². The number of aromatic nitrogens is 2. The monoisotopic (exact) mass is 247 g/mol. The highest BCUT2D eigenvalue weighted by Crippen LogP contribution is 2.33. The molecule has 1 N–H and O–H groups in total. The van der Waals surface area contributed by atoms with E-state index in [9.17, 15) is 0 Å². The quantitative estimate of drug-likeness (QED) is 0.890. The Balaban J connectivity index is 1.95. The van der Waals surface area contributed by atoms with Gasteiger partial charge in [0.1, 0.15) is 0 Å². The molecule has 0 amide bonds. The lowest BCUT2D eigenvalue weighted by atomic mass is 9.87. The van der Waals surface area contributed by atoms with Crippen LogP contribution in [-0.2, 0) is 19.4 Å². The summed E-state index contributed by atoms with van der Waals surface area (Å²) >= 11 is 0. The van der Waals surface area contributed by atoms with Gasteiger partial charge < -0.3 is 5.32 Å². The summed E-state index contributed by atoms with van der Waals surface area (Å²) < 4.78 is 2.35. The smallest absolute Gasteiger partial charge is 0.0659 e. The van der Waals surface area contributed by atoms with Crippen LogP contribution >= 0.6 is 0 Å². The Kier molecular flexibility index (Phi) is 3.69. The molecule has 0 aromatic carbocycles.